The van der Waals surface area contributed by atoms with E-state index in [0.29, 0.717) is 6.61 Å². The molecule has 18 heavy (non-hydrogen) atoms. The third-order valence-corrected chi connectivity index (χ3v) is 3.42. The van der Waals surface area contributed by atoms with Gasteiger partial charge in [0, 0.05) is 0 Å². The van der Waals surface area contributed by atoms with Crippen LogP contribution in [0.25, 0.3) is 0 Å². The summed E-state index contributed by atoms with van der Waals surface area (Å²) in [4.78, 5) is 11.9. The van der Waals surface area contributed by atoms with Crippen LogP contribution in [0.1, 0.15) is 33.3 Å². The Morgan fingerprint density at radius 3 is 2.28 bits per heavy atom. The number of aliphatic hydroxyl groups is 1. The third kappa shape index (κ3) is 2.72. The van der Waals surface area contributed by atoms with Crippen LogP contribution in [0.15, 0.2) is 30.3 Å². The first-order valence-electron chi connectivity index (χ1n) is 6.39. The van der Waals surface area contributed by atoms with Gasteiger partial charge in [-0.15, -0.1) is 0 Å². The average molecular weight is 250 g/mol. The van der Waals surface area contributed by atoms with Gasteiger partial charge in [-0.3, -0.25) is 4.79 Å². The van der Waals surface area contributed by atoms with Gasteiger partial charge in [0.05, 0.1) is 12.5 Å². The first-order valence-corrected chi connectivity index (χ1v) is 6.39. The van der Waals surface area contributed by atoms with E-state index >= 15 is 0 Å². The van der Waals surface area contributed by atoms with Gasteiger partial charge in [0.15, 0.2) is 0 Å². The highest BCUT2D eigenvalue weighted by molar-refractivity contribution is 5.74. The first kappa shape index (κ1) is 14.7. The number of carbonyl (C=O) groups excluding carboxylic acids is 1. The highest BCUT2D eigenvalue weighted by atomic mass is 16.5. The molecule has 0 aliphatic heterocycles. The zero-order valence-corrected chi connectivity index (χ0v) is 11.5. The van der Waals surface area contributed by atoms with Crippen molar-refractivity contribution in [3.8, 4) is 0 Å². The Morgan fingerprint density at radius 1 is 1.28 bits per heavy atom. The first-order chi connectivity index (χ1) is 8.44. The standard InChI is InChI=1S/C15H22O3/c1-5-18-14(16)12(4)15(17,11(2)3)13-9-7-6-8-10-13/h6-12,17H,5H2,1-4H3. The van der Waals surface area contributed by atoms with E-state index in [4.69, 9.17) is 4.74 Å². The van der Waals surface area contributed by atoms with E-state index in [1.807, 2.05) is 44.2 Å². The summed E-state index contributed by atoms with van der Waals surface area (Å²) in [6.07, 6.45) is 0. The smallest absolute Gasteiger partial charge is 0.311 e. The van der Waals surface area contributed by atoms with Gasteiger partial charge in [-0.25, -0.2) is 0 Å². The lowest BCUT2D eigenvalue weighted by Crippen LogP contribution is -2.43. The highest BCUT2D eigenvalue weighted by Gasteiger charge is 2.43. The third-order valence-electron chi connectivity index (χ3n) is 3.42. The molecular formula is C15H22O3. The van der Waals surface area contributed by atoms with Gasteiger partial charge in [-0.1, -0.05) is 44.2 Å². The fourth-order valence-corrected chi connectivity index (χ4v) is 2.24. The number of rotatable bonds is 5. The molecule has 0 aromatic heterocycles. The van der Waals surface area contributed by atoms with Gasteiger partial charge >= 0.3 is 5.97 Å². The number of esters is 1. The summed E-state index contributed by atoms with van der Waals surface area (Å²) in [5, 5.41) is 10.9. The van der Waals surface area contributed by atoms with Crippen molar-refractivity contribution in [2.45, 2.75) is 33.3 Å². The number of hydrogen-bond acceptors (Lipinski definition) is 3. The fourth-order valence-electron chi connectivity index (χ4n) is 2.24. The monoisotopic (exact) mass is 250 g/mol. The van der Waals surface area contributed by atoms with E-state index in [9.17, 15) is 9.90 Å². The Bertz CT molecular complexity index is 386. The van der Waals surface area contributed by atoms with Crippen molar-refractivity contribution in [1.29, 1.82) is 0 Å². The average Bonchev–Trinajstić information content (AvgIpc) is 2.38. The van der Waals surface area contributed by atoms with Crippen molar-refractivity contribution < 1.29 is 14.6 Å². The molecule has 0 bridgehead atoms. The summed E-state index contributed by atoms with van der Waals surface area (Å²) in [7, 11) is 0. The van der Waals surface area contributed by atoms with Crippen molar-refractivity contribution >= 4 is 5.97 Å². The number of benzene rings is 1. The van der Waals surface area contributed by atoms with Crippen molar-refractivity contribution in [1.82, 2.24) is 0 Å². The summed E-state index contributed by atoms with van der Waals surface area (Å²) >= 11 is 0. The van der Waals surface area contributed by atoms with Crippen molar-refractivity contribution in [3.63, 3.8) is 0 Å². The minimum Gasteiger partial charge on any atom is -0.466 e. The maximum atomic E-state index is 11.9. The Labute approximate surface area is 109 Å². The van der Waals surface area contributed by atoms with Crippen LogP contribution in [-0.2, 0) is 15.1 Å². The van der Waals surface area contributed by atoms with Crippen molar-refractivity contribution in [3.05, 3.63) is 35.9 Å². The SMILES string of the molecule is CCOC(=O)C(C)C(O)(c1ccccc1)C(C)C. The van der Waals surface area contributed by atoms with E-state index in [0.717, 1.165) is 5.56 Å². The van der Waals surface area contributed by atoms with Crippen LogP contribution < -0.4 is 0 Å². The van der Waals surface area contributed by atoms with E-state index in [-0.39, 0.29) is 11.9 Å². The topological polar surface area (TPSA) is 46.5 Å². The van der Waals surface area contributed by atoms with Gasteiger partial charge in [-0.2, -0.15) is 0 Å². The maximum absolute atomic E-state index is 11.9. The molecule has 1 N–H and O–H groups in total. The van der Waals surface area contributed by atoms with Crippen LogP contribution in [0, 0.1) is 11.8 Å². The van der Waals surface area contributed by atoms with Gasteiger partial charge in [0.1, 0.15) is 5.60 Å². The van der Waals surface area contributed by atoms with Gasteiger partial charge in [-0.05, 0) is 25.3 Å². The lowest BCUT2D eigenvalue weighted by atomic mass is 9.74. The predicted octanol–water partition coefficient (Wildman–Crippen LogP) is 2.73. The van der Waals surface area contributed by atoms with Gasteiger partial charge < -0.3 is 9.84 Å². The van der Waals surface area contributed by atoms with Crippen molar-refractivity contribution in [2.75, 3.05) is 6.61 Å². The van der Waals surface area contributed by atoms with Crippen LogP contribution in [0.5, 0.6) is 0 Å². The molecule has 0 aliphatic carbocycles. The van der Waals surface area contributed by atoms with Crippen molar-refractivity contribution in [2.24, 2.45) is 11.8 Å². The molecule has 3 heteroatoms. The number of hydrogen-bond donors (Lipinski definition) is 1. The summed E-state index contributed by atoms with van der Waals surface area (Å²) in [6.45, 7) is 7.62. The van der Waals surface area contributed by atoms with E-state index < -0.39 is 11.5 Å². The summed E-state index contributed by atoms with van der Waals surface area (Å²) in [5.41, 5.74) is -0.450. The zero-order chi connectivity index (χ0) is 13.8. The highest BCUT2D eigenvalue weighted by Crippen LogP contribution is 2.37. The predicted molar refractivity (Wildman–Crippen MR) is 71.0 cm³/mol. The van der Waals surface area contributed by atoms with Crippen LogP contribution in [0.2, 0.25) is 0 Å². The quantitative estimate of drug-likeness (QED) is 0.817. The Hall–Kier alpha value is -1.35. The van der Waals surface area contributed by atoms with Crippen LogP contribution in [0.4, 0.5) is 0 Å². The molecule has 1 rings (SSSR count). The molecule has 2 unspecified atom stereocenters. The Balaban J connectivity index is 3.12. The van der Waals surface area contributed by atoms with Gasteiger partial charge in [0.2, 0.25) is 0 Å². The molecule has 0 saturated carbocycles. The summed E-state index contributed by atoms with van der Waals surface area (Å²) < 4.78 is 5.02. The molecule has 2 atom stereocenters. The van der Waals surface area contributed by atoms with Crippen LogP contribution >= 0.6 is 0 Å². The lowest BCUT2D eigenvalue weighted by molar-refractivity contribution is -0.162. The normalized spacial score (nSPS) is 16.1. The molecule has 0 heterocycles. The zero-order valence-electron chi connectivity index (χ0n) is 11.5. The molecule has 0 spiro atoms. The van der Waals surface area contributed by atoms with E-state index in [2.05, 4.69) is 0 Å². The molecule has 1 aromatic carbocycles. The number of carbonyl (C=O) groups is 1. The molecular weight excluding hydrogens is 228 g/mol. The lowest BCUT2D eigenvalue weighted by Gasteiger charge is -2.37. The summed E-state index contributed by atoms with van der Waals surface area (Å²) in [5.74, 6) is -1.04. The molecule has 0 fully saturated rings. The largest absolute Gasteiger partial charge is 0.466 e. The molecule has 100 valence electrons. The minimum absolute atomic E-state index is 0.0840. The van der Waals surface area contributed by atoms with E-state index in [1.54, 1.807) is 13.8 Å². The molecule has 0 aliphatic rings. The molecule has 0 saturated heterocycles. The maximum Gasteiger partial charge on any atom is 0.311 e. The second-order valence-corrected chi connectivity index (χ2v) is 4.82. The van der Waals surface area contributed by atoms with Gasteiger partial charge in [0.25, 0.3) is 0 Å². The number of ether oxygens (including phenoxy) is 1. The van der Waals surface area contributed by atoms with Crippen LogP contribution in [-0.4, -0.2) is 17.7 Å². The molecule has 0 radical (unpaired) electrons. The van der Waals surface area contributed by atoms with Crippen LogP contribution in [0.3, 0.4) is 0 Å². The fraction of sp³-hybridized carbons (Fsp3) is 0.533. The Kier molecular flexibility index (Phi) is 4.91. The molecule has 3 nitrogen and oxygen atoms in total. The van der Waals surface area contributed by atoms with E-state index in [1.165, 1.54) is 0 Å². The summed E-state index contributed by atoms with van der Waals surface area (Å²) in [6, 6.07) is 9.30. The second kappa shape index (κ2) is 6.01. The second-order valence-electron chi connectivity index (χ2n) is 4.82. The molecule has 1 aromatic rings. The minimum atomic E-state index is -1.20. The Morgan fingerprint density at radius 2 is 1.83 bits per heavy atom. The molecule has 0 amide bonds.